The second kappa shape index (κ2) is 8.24. The van der Waals surface area contributed by atoms with Gasteiger partial charge in [-0.3, -0.25) is 14.4 Å². The van der Waals surface area contributed by atoms with Crippen LogP contribution < -0.4 is 10.5 Å². The van der Waals surface area contributed by atoms with Gasteiger partial charge < -0.3 is 19.1 Å². The van der Waals surface area contributed by atoms with Crippen molar-refractivity contribution in [2.75, 3.05) is 37.7 Å². The Morgan fingerprint density at radius 1 is 1.04 bits per heavy atom. The topological polar surface area (TPSA) is 97.6 Å². The van der Waals surface area contributed by atoms with Crippen molar-refractivity contribution < 1.29 is 14.3 Å². The molecule has 9 heteroatoms. The molecule has 1 aliphatic heterocycles. The first kappa shape index (κ1) is 17.6. The van der Waals surface area contributed by atoms with E-state index in [9.17, 15) is 14.4 Å². The van der Waals surface area contributed by atoms with Gasteiger partial charge in [-0.1, -0.05) is 6.07 Å². The number of anilines is 1. The highest BCUT2D eigenvalue weighted by atomic mass is 16.5. The van der Waals surface area contributed by atoms with Crippen molar-refractivity contribution >= 4 is 17.8 Å². The predicted octanol–water partition coefficient (Wildman–Crippen LogP) is -0.470. The van der Waals surface area contributed by atoms with Crippen molar-refractivity contribution in [3.05, 3.63) is 53.2 Å². The summed E-state index contributed by atoms with van der Waals surface area (Å²) in [6.07, 6.45) is 4.85. The molecule has 0 aromatic carbocycles. The van der Waals surface area contributed by atoms with E-state index < -0.39 is 5.97 Å². The Kier molecular flexibility index (Phi) is 5.57. The first-order valence-electron chi connectivity index (χ1n) is 8.24. The molecular weight excluding hydrogens is 338 g/mol. The van der Waals surface area contributed by atoms with Gasteiger partial charge in [0.15, 0.2) is 6.61 Å². The van der Waals surface area contributed by atoms with Crippen LogP contribution in [-0.4, -0.2) is 64.1 Å². The molecule has 1 aliphatic rings. The first-order valence-corrected chi connectivity index (χ1v) is 8.24. The van der Waals surface area contributed by atoms with Crippen LogP contribution in [0.15, 0.2) is 47.7 Å². The van der Waals surface area contributed by atoms with Crippen molar-refractivity contribution in [2.45, 2.75) is 6.54 Å². The number of ether oxygens (including phenoxy) is 1. The first-order chi connectivity index (χ1) is 12.6. The lowest BCUT2D eigenvalue weighted by Gasteiger charge is -2.34. The molecule has 26 heavy (non-hydrogen) atoms. The molecule has 9 nitrogen and oxygen atoms in total. The van der Waals surface area contributed by atoms with Gasteiger partial charge >= 0.3 is 5.97 Å². The lowest BCUT2D eigenvalue weighted by molar-refractivity contribution is -0.152. The van der Waals surface area contributed by atoms with E-state index in [-0.39, 0.29) is 24.6 Å². The molecule has 0 radical (unpaired) electrons. The minimum atomic E-state index is -0.622. The number of amides is 1. The van der Waals surface area contributed by atoms with Crippen molar-refractivity contribution in [3.63, 3.8) is 0 Å². The molecular formula is C17H19N5O4. The highest BCUT2D eigenvalue weighted by Crippen LogP contribution is 2.09. The molecule has 1 fully saturated rings. The zero-order valence-corrected chi connectivity index (χ0v) is 14.2. The van der Waals surface area contributed by atoms with E-state index in [0.717, 1.165) is 0 Å². The van der Waals surface area contributed by atoms with Gasteiger partial charge in [-0.15, -0.1) is 0 Å². The predicted molar refractivity (Wildman–Crippen MR) is 92.5 cm³/mol. The third kappa shape index (κ3) is 4.44. The van der Waals surface area contributed by atoms with E-state index in [4.69, 9.17) is 4.74 Å². The molecule has 0 atom stereocenters. The maximum absolute atomic E-state index is 12.2. The van der Waals surface area contributed by atoms with Crippen LogP contribution in [-0.2, 0) is 20.9 Å². The number of carbonyl (C=O) groups excluding carboxylic acids is 2. The fourth-order valence-corrected chi connectivity index (χ4v) is 2.62. The Labute approximate surface area is 149 Å². The lowest BCUT2D eigenvalue weighted by Crippen LogP contribution is -2.50. The van der Waals surface area contributed by atoms with Crippen LogP contribution in [0, 0.1) is 0 Å². The normalized spacial score (nSPS) is 14.2. The number of rotatable bonds is 5. The van der Waals surface area contributed by atoms with Gasteiger partial charge in [0, 0.05) is 50.8 Å². The monoisotopic (exact) mass is 357 g/mol. The summed E-state index contributed by atoms with van der Waals surface area (Å²) >= 11 is 0. The summed E-state index contributed by atoms with van der Waals surface area (Å²) < 4.78 is 6.23. The molecule has 0 aliphatic carbocycles. The fourth-order valence-electron chi connectivity index (χ4n) is 2.62. The van der Waals surface area contributed by atoms with Crippen molar-refractivity contribution in [2.24, 2.45) is 0 Å². The second-order valence-electron chi connectivity index (χ2n) is 5.74. The van der Waals surface area contributed by atoms with Crippen LogP contribution in [0.3, 0.4) is 0 Å². The third-order valence-electron chi connectivity index (χ3n) is 4.02. The van der Waals surface area contributed by atoms with E-state index in [1.165, 1.54) is 16.8 Å². The van der Waals surface area contributed by atoms with E-state index >= 15 is 0 Å². The van der Waals surface area contributed by atoms with Crippen LogP contribution in [0.25, 0.3) is 0 Å². The number of carbonyl (C=O) groups is 2. The van der Waals surface area contributed by atoms with Gasteiger partial charge in [-0.2, -0.15) is 0 Å². The van der Waals surface area contributed by atoms with Crippen LogP contribution >= 0.6 is 0 Å². The number of aromatic nitrogens is 3. The SMILES string of the molecule is O=C(Cn1ccccc1=O)OCC(=O)N1CCN(c2ncccn2)CC1. The highest BCUT2D eigenvalue weighted by molar-refractivity contribution is 5.80. The van der Waals surface area contributed by atoms with Crippen LogP contribution in [0.2, 0.25) is 0 Å². The van der Waals surface area contributed by atoms with E-state index in [1.807, 2.05) is 4.90 Å². The van der Waals surface area contributed by atoms with E-state index in [1.54, 1.807) is 35.5 Å². The summed E-state index contributed by atoms with van der Waals surface area (Å²) in [5.41, 5.74) is -0.296. The van der Waals surface area contributed by atoms with Gasteiger partial charge in [0.1, 0.15) is 6.54 Å². The lowest BCUT2D eigenvalue weighted by atomic mass is 10.3. The molecule has 2 aromatic rings. The standard InChI is InChI=1S/C17H19N5O4/c23-14-4-1-2-7-22(14)12-16(25)26-13-15(24)20-8-10-21(11-9-20)17-18-5-3-6-19-17/h1-7H,8-13H2. The molecule has 0 bridgehead atoms. The Morgan fingerprint density at radius 2 is 1.77 bits per heavy atom. The number of esters is 1. The van der Waals surface area contributed by atoms with Crippen molar-refractivity contribution in [1.29, 1.82) is 0 Å². The third-order valence-corrected chi connectivity index (χ3v) is 4.02. The molecule has 136 valence electrons. The van der Waals surface area contributed by atoms with Gasteiger partial charge in [0.2, 0.25) is 5.95 Å². The summed E-state index contributed by atoms with van der Waals surface area (Å²) in [6.45, 7) is 1.69. The van der Waals surface area contributed by atoms with Gasteiger partial charge in [-0.25, -0.2) is 9.97 Å². The number of hydrogen-bond donors (Lipinski definition) is 0. The largest absolute Gasteiger partial charge is 0.454 e. The number of nitrogens with zero attached hydrogens (tertiary/aromatic N) is 5. The second-order valence-corrected chi connectivity index (χ2v) is 5.74. The van der Waals surface area contributed by atoms with Gasteiger partial charge in [-0.05, 0) is 12.1 Å². The zero-order valence-electron chi connectivity index (χ0n) is 14.2. The summed E-state index contributed by atoms with van der Waals surface area (Å²) in [5.74, 6) is -0.241. The molecule has 3 heterocycles. The van der Waals surface area contributed by atoms with Crippen molar-refractivity contribution in [3.8, 4) is 0 Å². The Morgan fingerprint density at radius 3 is 2.46 bits per heavy atom. The van der Waals surface area contributed by atoms with E-state index in [0.29, 0.717) is 32.1 Å². The van der Waals surface area contributed by atoms with Crippen LogP contribution in [0.1, 0.15) is 0 Å². The summed E-state index contributed by atoms with van der Waals surface area (Å²) in [7, 11) is 0. The zero-order chi connectivity index (χ0) is 18.4. The average Bonchev–Trinajstić information content (AvgIpc) is 2.69. The Balaban J connectivity index is 1.44. The Bertz CT molecular complexity index is 815. The molecule has 2 aromatic heterocycles. The molecule has 0 N–H and O–H groups in total. The summed E-state index contributed by atoms with van der Waals surface area (Å²) in [5, 5.41) is 0. The van der Waals surface area contributed by atoms with E-state index in [2.05, 4.69) is 9.97 Å². The molecule has 1 saturated heterocycles. The fraction of sp³-hybridized carbons (Fsp3) is 0.353. The van der Waals surface area contributed by atoms with Gasteiger partial charge in [0.05, 0.1) is 0 Å². The minimum absolute atomic E-state index is 0.216. The molecule has 1 amide bonds. The molecule has 0 saturated carbocycles. The minimum Gasteiger partial charge on any atom is -0.454 e. The van der Waals surface area contributed by atoms with Crippen LogP contribution in [0.5, 0.6) is 0 Å². The van der Waals surface area contributed by atoms with Gasteiger partial charge in [0.25, 0.3) is 11.5 Å². The molecule has 3 rings (SSSR count). The van der Waals surface area contributed by atoms with Crippen molar-refractivity contribution in [1.82, 2.24) is 19.4 Å². The van der Waals surface area contributed by atoms with Crippen LogP contribution in [0.4, 0.5) is 5.95 Å². The summed E-state index contributed by atoms with van der Waals surface area (Å²) in [4.78, 5) is 47.6. The Hall–Kier alpha value is -3.23. The number of hydrogen-bond acceptors (Lipinski definition) is 7. The maximum Gasteiger partial charge on any atom is 0.326 e. The quantitative estimate of drug-likeness (QED) is 0.667. The summed E-state index contributed by atoms with van der Waals surface area (Å²) in [6, 6.07) is 6.35. The highest BCUT2D eigenvalue weighted by Gasteiger charge is 2.23. The maximum atomic E-state index is 12.2. The number of pyridine rings is 1. The average molecular weight is 357 g/mol. The molecule has 0 spiro atoms. The smallest absolute Gasteiger partial charge is 0.326 e. The molecule has 0 unspecified atom stereocenters. The number of piperazine rings is 1.